The van der Waals surface area contributed by atoms with E-state index in [1.807, 2.05) is 42.5 Å². The minimum atomic E-state index is -4.03. The number of hydrogen-bond acceptors (Lipinski definition) is 4. The predicted octanol–water partition coefficient (Wildman–Crippen LogP) is 3.27. The number of para-hydroxylation sites is 1. The maximum absolute atomic E-state index is 13.4. The molecule has 0 aliphatic carbocycles. The highest BCUT2D eigenvalue weighted by atomic mass is 32.2. The van der Waals surface area contributed by atoms with Crippen molar-refractivity contribution >= 4 is 15.9 Å². The van der Waals surface area contributed by atoms with Gasteiger partial charge in [-0.1, -0.05) is 42.5 Å². The largest absolute Gasteiger partial charge is 0.496 e. The molecule has 0 aromatic heterocycles. The molecule has 0 spiro atoms. The Bertz CT molecular complexity index is 1230. The molecule has 0 radical (unpaired) electrons. The van der Waals surface area contributed by atoms with E-state index in [9.17, 15) is 17.6 Å². The Kier molecular flexibility index (Phi) is 6.25. The fraction of sp³-hybridized carbons (Fsp3) is 0.208. The lowest BCUT2D eigenvalue weighted by Crippen LogP contribution is -2.52. The van der Waals surface area contributed by atoms with Crippen LogP contribution in [0.25, 0.3) is 0 Å². The molecule has 3 aromatic carbocycles. The monoisotopic (exact) mass is 454 g/mol. The number of carbonyl (C=O) groups is 1. The lowest BCUT2D eigenvalue weighted by atomic mass is 9.95. The van der Waals surface area contributed by atoms with Gasteiger partial charge < -0.3 is 10.1 Å². The van der Waals surface area contributed by atoms with Crippen molar-refractivity contribution in [3.63, 3.8) is 0 Å². The fourth-order valence-corrected chi connectivity index (χ4v) is 5.43. The van der Waals surface area contributed by atoms with Crippen molar-refractivity contribution in [2.24, 2.45) is 0 Å². The normalized spacial score (nSPS) is 16.2. The van der Waals surface area contributed by atoms with Crippen LogP contribution in [0.3, 0.4) is 0 Å². The van der Waals surface area contributed by atoms with Gasteiger partial charge in [-0.05, 0) is 47.9 Å². The third-order valence-corrected chi connectivity index (χ3v) is 7.44. The molecule has 0 fully saturated rings. The van der Waals surface area contributed by atoms with Crippen molar-refractivity contribution in [3.05, 3.63) is 95.3 Å². The van der Waals surface area contributed by atoms with Gasteiger partial charge in [0.1, 0.15) is 17.6 Å². The number of methoxy groups -OCH3 is 1. The molecule has 0 unspecified atom stereocenters. The van der Waals surface area contributed by atoms with Crippen molar-refractivity contribution in [2.75, 3.05) is 7.11 Å². The number of fused-ring (bicyclic) bond motifs is 1. The molecule has 1 heterocycles. The minimum absolute atomic E-state index is 0.0548. The molecule has 0 saturated carbocycles. The number of rotatable bonds is 6. The molecule has 166 valence electrons. The van der Waals surface area contributed by atoms with E-state index in [0.29, 0.717) is 5.75 Å². The Morgan fingerprint density at radius 1 is 1.03 bits per heavy atom. The molecular weight excluding hydrogens is 431 g/mol. The van der Waals surface area contributed by atoms with E-state index >= 15 is 0 Å². The van der Waals surface area contributed by atoms with E-state index in [1.165, 1.54) is 16.4 Å². The summed E-state index contributed by atoms with van der Waals surface area (Å²) in [6.07, 6.45) is 0.244. The van der Waals surface area contributed by atoms with Crippen LogP contribution in [-0.2, 0) is 34.3 Å². The first-order valence-electron chi connectivity index (χ1n) is 10.1. The van der Waals surface area contributed by atoms with E-state index < -0.39 is 27.8 Å². The fourth-order valence-electron chi connectivity index (χ4n) is 3.87. The van der Waals surface area contributed by atoms with Crippen LogP contribution in [0.5, 0.6) is 5.75 Å². The lowest BCUT2D eigenvalue weighted by molar-refractivity contribution is -0.125. The van der Waals surface area contributed by atoms with Crippen molar-refractivity contribution in [1.29, 1.82) is 0 Å². The summed E-state index contributed by atoms with van der Waals surface area (Å²) in [4.78, 5) is 13.2. The van der Waals surface area contributed by atoms with Crippen LogP contribution in [0, 0.1) is 5.82 Å². The molecule has 0 bridgehead atoms. The molecule has 1 aliphatic rings. The zero-order valence-electron chi connectivity index (χ0n) is 17.5. The smallest absolute Gasteiger partial charge is 0.244 e. The van der Waals surface area contributed by atoms with Crippen molar-refractivity contribution in [1.82, 2.24) is 9.62 Å². The third-order valence-electron chi connectivity index (χ3n) is 5.57. The SMILES string of the molecule is COc1ccccc1CNC(=O)[C@@H]1Cc2ccccc2CN1S(=O)(=O)c1ccc(F)cc1. The van der Waals surface area contributed by atoms with Crippen LogP contribution in [0.15, 0.2) is 77.7 Å². The van der Waals surface area contributed by atoms with E-state index in [2.05, 4.69) is 5.32 Å². The van der Waals surface area contributed by atoms with Gasteiger partial charge >= 0.3 is 0 Å². The summed E-state index contributed by atoms with van der Waals surface area (Å²) in [5.41, 5.74) is 2.55. The van der Waals surface area contributed by atoms with Gasteiger partial charge in [0.05, 0.1) is 12.0 Å². The average Bonchev–Trinajstić information content (AvgIpc) is 2.82. The Balaban J connectivity index is 1.64. The van der Waals surface area contributed by atoms with Crippen LogP contribution < -0.4 is 10.1 Å². The molecule has 4 rings (SSSR count). The number of nitrogens with one attached hydrogen (secondary N) is 1. The standard InChI is InChI=1S/C24H23FN2O4S/c1-31-23-9-5-4-7-18(23)15-26-24(28)22-14-17-6-2-3-8-19(17)16-27(22)32(29,30)21-12-10-20(25)11-13-21/h2-13,22H,14-16H2,1H3,(H,26,28)/t22-/m0/s1. The highest BCUT2D eigenvalue weighted by Crippen LogP contribution is 2.29. The van der Waals surface area contributed by atoms with Gasteiger partial charge in [-0.3, -0.25) is 4.79 Å². The second-order valence-corrected chi connectivity index (χ2v) is 9.41. The molecule has 6 nitrogen and oxygen atoms in total. The summed E-state index contributed by atoms with van der Waals surface area (Å²) in [6.45, 7) is 0.258. The number of hydrogen-bond donors (Lipinski definition) is 1. The van der Waals surface area contributed by atoms with Crippen LogP contribution in [0.4, 0.5) is 4.39 Å². The Morgan fingerprint density at radius 2 is 1.69 bits per heavy atom. The Labute approximate surface area is 186 Å². The maximum Gasteiger partial charge on any atom is 0.244 e. The topological polar surface area (TPSA) is 75.7 Å². The molecule has 1 atom stereocenters. The predicted molar refractivity (Wildman–Crippen MR) is 118 cm³/mol. The van der Waals surface area contributed by atoms with Gasteiger partial charge in [-0.15, -0.1) is 0 Å². The highest BCUT2D eigenvalue weighted by Gasteiger charge is 2.39. The number of sulfonamides is 1. The van der Waals surface area contributed by atoms with Crippen LogP contribution in [-0.4, -0.2) is 31.8 Å². The Hall–Kier alpha value is -3.23. The van der Waals surface area contributed by atoms with Gasteiger partial charge in [0, 0.05) is 18.7 Å². The van der Waals surface area contributed by atoms with Gasteiger partial charge in [-0.2, -0.15) is 4.31 Å². The molecule has 32 heavy (non-hydrogen) atoms. The lowest BCUT2D eigenvalue weighted by Gasteiger charge is -2.35. The van der Waals surface area contributed by atoms with Crippen molar-refractivity contribution in [2.45, 2.75) is 30.4 Å². The molecule has 1 amide bonds. The summed E-state index contributed by atoms with van der Waals surface area (Å²) in [5.74, 6) is -0.298. The average molecular weight is 455 g/mol. The van der Waals surface area contributed by atoms with Crippen molar-refractivity contribution in [3.8, 4) is 5.75 Å². The minimum Gasteiger partial charge on any atom is -0.496 e. The number of carbonyl (C=O) groups excluding carboxylic acids is 1. The quantitative estimate of drug-likeness (QED) is 0.620. The molecule has 1 aliphatic heterocycles. The summed E-state index contributed by atoms with van der Waals surface area (Å²) in [5, 5.41) is 2.85. The number of benzene rings is 3. The van der Waals surface area contributed by atoms with Gasteiger partial charge in [0.2, 0.25) is 15.9 Å². The van der Waals surface area contributed by atoms with E-state index in [4.69, 9.17) is 4.74 Å². The van der Waals surface area contributed by atoms with E-state index in [1.54, 1.807) is 13.2 Å². The first kappa shape index (κ1) is 22.0. The first-order valence-corrected chi connectivity index (χ1v) is 11.6. The highest BCUT2D eigenvalue weighted by molar-refractivity contribution is 7.89. The molecule has 1 N–H and O–H groups in total. The zero-order valence-corrected chi connectivity index (χ0v) is 18.3. The summed E-state index contributed by atoms with van der Waals surface area (Å²) in [7, 11) is -2.48. The van der Waals surface area contributed by atoms with Crippen LogP contribution in [0.1, 0.15) is 16.7 Å². The molecule has 0 saturated heterocycles. The van der Waals surface area contributed by atoms with Crippen LogP contribution in [0.2, 0.25) is 0 Å². The molecule has 3 aromatic rings. The van der Waals surface area contributed by atoms with Gasteiger partial charge in [0.25, 0.3) is 0 Å². The van der Waals surface area contributed by atoms with Crippen molar-refractivity contribution < 1.29 is 22.3 Å². The Morgan fingerprint density at radius 3 is 2.41 bits per heavy atom. The number of ether oxygens (including phenoxy) is 1. The summed E-state index contributed by atoms with van der Waals surface area (Å²) >= 11 is 0. The maximum atomic E-state index is 13.4. The second-order valence-electron chi connectivity index (χ2n) is 7.52. The second kappa shape index (κ2) is 9.10. The third kappa shape index (κ3) is 4.37. The molecule has 8 heteroatoms. The zero-order chi connectivity index (χ0) is 22.7. The summed E-state index contributed by atoms with van der Waals surface area (Å²) < 4.78 is 46.7. The number of amides is 1. The van der Waals surface area contributed by atoms with Crippen LogP contribution >= 0.6 is 0 Å². The number of nitrogens with zero attached hydrogens (tertiary/aromatic N) is 1. The van der Waals surface area contributed by atoms with Gasteiger partial charge in [-0.25, -0.2) is 12.8 Å². The first-order chi connectivity index (χ1) is 15.4. The van der Waals surface area contributed by atoms with Gasteiger partial charge in [0.15, 0.2) is 0 Å². The van der Waals surface area contributed by atoms with E-state index in [-0.39, 0.29) is 24.4 Å². The van der Waals surface area contributed by atoms with E-state index in [0.717, 1.165) is 28.8 Å². The summed E-state index contributed by atoms with van der Waals surface area (Å²) in [6, 6.07) is 18.5. The molecular formula is C24H23FN2O4S. The number of halogens is 1.